The molecule has 8 heteroatoms. The Hall–Kier alpha value is -2.97. The molecule has 2 aliphatic rings. The number of rotatable bonds is 3. The quantitative estimate of drug-likeness (QED) is 0.511. The number of carboxylic acid groups (broad SMARTS) is 1. The molecule has 1 unspecified atom stereocenters. The molecule has 2 aromatic carbocycles. The van der Waals surface area contributed by atoms with Crippen molar-refractivity contribution in [3.63, 3.8) is 0 Å². The lowest BCUT2D eigenvalue weighted by molar-refractivity contribution is -0.114. The average Bonchev–Trinajstić information content (AvgIpc) is 3.38. The number of fused-ring (bicyclic) bond motifs is 3. The van der Waals surface area contributed by atoms with Crippen LogP contribution in [0.15, 0.2) is 68.4 Å². The van der Waals surface area contributed by atoms with Crippen molar-refractivity contribution in [1.29, 1.82) is 0 Å². The predicted molar refractivity (Wildman–Crippen MR) is 116 cm³/mol. The molecule has 1 aromatic heterocycles. The molecule has 2 N–H and O–H groups in total. The molecule has 0 aliphatic carbocycles. The van der Waals surface area contributed by atoms with Crippen LogP contribution in [0.1, 0.15) is 16.1 Å². The molecule has 0 spiro atoms. The van der Waals surface area contributed by atoms with Gasteiger partial charge in [-0.3, -0.25) is 9.69 Å². The zero-order chi connectivity index (χ0) is 20.1. The number of benzene rings is 2. The van der Waals surface area contributed by atoms with Gasteiger partial charge in [-0.25, -0.2) is 4.79 Å². The van der Waals surface area contributed by atoms with Crippen molar-refractivity contribution in [3.05, 3.63) is 75.3 Å². The molecule has 1 amide bonds. The Morgan fingerprint density at radius 1 is 1.17 bits per heavy atom. The topological polar surface area (TPSA) is 82.8 Å². The fraction of sp³-hybridized carbons (Fsp3) is 0.0476. The zero-order valence-electron chi connectivity index (χ0n) is 14.8. The summed E-state index contributed by atoms with van der Waals surface area (Å²) in [6, 6.07) is 15.8. The van der Waals surface area contributed by atoms with Crippen molar-refractivity contribution in [2.24, 2.45) is 0 Å². The number of halogens is 1. The van der Waals surface area contributed by atoms with Gasteiger partial charge < -0.3 is 14.8 Å². The molecular weight excluding hydrogens is 456 g/mol. The first-order valence-corrected chi connectivity index (χ1v) is 10.4. The third-order valence-corrected chi connectivity index (χ3v) is 6.31. The normalized spacial score (nSPS) is 18.7. The minimum Gasteiger partial charge on any atom is -0.478 e. The summed E-state index contributed by atoms with van der Waals surface area (Å²) in [5, 5.41) is 12.3. The molecule has 1 saturated heterocycles. The van der Waals surface area contributed by atoms with E-state index in [1.165, 1.54) is 23.9 Å². The van der Waals surface area contributed by atoms with Crippen LogP contribution in [0.2, 0.25) is 0 Å². The summed E-state index contributed by atoms with van der Waals surface area (Å²) < 4.78 is 6.81. The molecule has 2 aliphatic heterocycles. The minimum atomic E-state index is -0.971. The summed E-state index contributed by atoms with van der Waals surface area (Å²) in [5.74, 6) is 0.132. The first-order valence-electron chi connectivity index (χ1n) is 8.71. The summed E-state index contributed by atoms with van der Waals surface area (Å²) in [6.45, 7) is 0. The summed E-state index contributed by atoms with van der Waals surface area (Å²) in [4.78, 5) is 26.2. The van der Waals surface area contributed by atoms with Gasteiger partial charge in [-0.15, -0.1) is 0 Å². The van der Waals surface area contributed by atoms with Gasteiger partial charge in [-0.2, -0.15) is 0 Å². The van der Waals surface area contributed by atoms with Crippen LogP contribution in [-0.4, -0.2) is 22.5 Å². The number of amides is 1. The first-order chi connectivity index (χ1) is 14.0. The van der Waals surface area contributed by atoms with Crippen LogP contribution in [0.5, 0.6) is 0 Å². The molecule has 0 saturated carbocycles. The Morgan fingerprint density at radius 2 is 1.97 bits per heavy atom. The number of nitrogens with one attached hydrogen (secondary N) is 1. The van der Waals surface area contributed by atoms with E-state index in [0.717, 1.165) is 21.4 Å². The van der Waals surface area contributed by atoms with Gasteiger partial charge in [0.05, 0.1) is 21.8 Å². The molecule has 0 radical (unpaired) electrons. The standard InChI is InChI=1S/C21H13BrN2O4S/c22-13-5-7-16-15(9-13)23-21-24(16)19(25)18(29-21)10-14-6-8-17(28-14)11-1-3-12(4-2-11)20(26)27/h1-10,21,23H,(H,26,27)/b18-10-. The SMILES string of the molecule is O=C(O)c1ccc(-c2ccc(/C=C3\SC4Nc5cc(Br)ccc5N4C3=O)o2)cc1. The first kappa shape index (κ1) is 18.1. The lowest BCUT2D eigenvalue weighted by Gasteiger charge is -2.12. The van der Waals surface area contributed by atoms with Gasteiger partial charge in [0.15, 0.2) is 5.50 Å². The van der Waals surface area contributed by atoms with E-state index in [-0.39, 0.29) is 17.0 Å². The molecular formula is C21H13BrN2O4S. The monoisotopic (exact) mass is 468 g/mol. The number of carbonyl (C=O) groups excluding carboxylic acids is 1. The lowest BCUT2D eigenvalue weighted by atomic mass is 10.1. The van der Waals surface area contributed by atoms with Gasteiger partial charge >= 0.3 is 5.97 Å². The molecule has 1 atom stereocenters. The van der Waals surface area contributed by atoms with E-state index in [9.17, 15) is 9.59 Å². The fourth-order valence-electron chi connectivity index (χ4n) is 3.33. The number of thioether (sulfide) groups is 1. The number of carbonyl (C=O) groups is 2. The van der Waals surface area contributed by atoms with Crippen LogP contribution in [0.3, 0.4) is 0 Å². The Balaban J connectivity index is 1.39. The fourth-order valence-corrected chi connectivity index (χ4v) is 4.82. The molecule has 5 rings (SSSR count). The summed E-state index contributed by atoms with van der Waals surface area (Å²) in [7, 11) is 0. The molecule has 144 valence electrons. The van der Waals surface area contributed by atoms with Crippen molar-refractivity contribution in [3.8, 4) is 11.3 Å². The molecule has 3 heterocycles. The van der Waals surface area contributed by atoms with E-state index in [0.29, 0.717) is 16.4 Å². The smallest absolute Gasteiger partial charge is 0.335 e. The molecule has 3 aromatic rings. The number of nitrogens with zero attached hydrogens (tertiary/aromatic N) is 1. The molecule has 29 heavy (non-hydrogen) atoms. The largest absolute Gasteiger partial charge is 0.478 e. The Labute approximate surface area is 178 Å². The Kier molecular flexibility index (Phi) is 4.25. The van der Waals surface area contributed by atoms with Gasteiger partial charge in [-0.1, -0.05) is 39.8 Å². The van der Waals surface area contributed by atoms with Gasteiger partial charge in [0, 0.05) is 16.1 Å². The van der Waals surface area contributed by atoms with Gasteiger partial charge in [-0.05, 0) is 42.5 Å². The van der Waals surface area contributed by atoms with Crippen LogP contribution >= 0.6 is 27.7 Å². The van der Waals surface area contributed by atoms with Crippen molar-refractivity contribution in [2.75, 3.05) is 10.2 Å². The number of hydrogen-bond acceptors (Lipinski definition) is 5. The third-order valence-electron chi connectivity index (χ3n) is 4.72. The number of anilines is 2. The summed E-state index contributed by atoms with van der Waals surface area (Å²) >= 11 is 4.89. The highest BCUT2D eigenvalue weighted by Gasteiger charge is 2.42. The minimum absolute atomic E-state index is 0.0719. The Bertz CT molecular complexity index is 1190. The van der Waals surface area contributed by atoms with Crippen LogP contribution < -0.4 is 10.2 Å². The second-order valence-electron chi connectivity index (χ2n) is 6.54. The number of hydrogen-bond donors (Lipinski definition) is 2. The van der Waals surface area contributed by atoms with Crippen LogP contribution in [0.4, 0.5) is 11.4 Å². The maximum Gasteiger partial charge on any atom is 0.335 e. The second kappa shape index (κ2) is 6.82. The highest BCUT2D eigenvalue weighted by molar-refractivity contribution is 9.10. The van der Waals surface area contributed by atoms with E-state index in [4.69, 9.17) is 9.52 Å². The molecule has 1 fully saturated rings. The van der Waals surface area contributed by atoms with Gasteiger partial charge in [0.2, 0.25) is 0 Å². The maximum atomic E-state index is 12.9. The van der Waals surface area contributed by atoms with E-state index in [2.05, 4.69) is 21.2 Å². The predicted octanol–water partition coefficient (Wildman–Crippen LogP) is 5.24. The van der Waals surface area contributed by atoms with Crippen molar-refractivity contribution < 1.29 is 19.1 Å². The van der Waals surface area contributed by atoms with E-state index >= 15 is 0 Å². The number of carboxylic acids is 1. The average molecular weight is 469 g/mol. The highest BCUT2D eigenvalue weighted by atomic mass is 79.9. The van der Waals surface area contributed by atoms with E-state index < -0.39 is 5.97 Å². The van der Waals surface area contributed by atoms with Crippen LogP contribution in [0, 0.1) is 0 Å². The lowest BCUT2D eigenvalue weighted by Crippen LogP contribution is -2.31. The van der Waals surface area contributed by atoms with E-state index in [1.807, 2.05) is 18.2 Å². The third kappa shape index (κ3) is 3.14. The molecule has 0 bridgehead atoms. The van der Waals surface area contributed by atoms with Gasteiger partial charge in [0.25, 0.3) is 5.91 Å². The van der Waals surface area contributed by atoms with Crippen molar-refractivity contribution in [2.45, 2.75) is 5.50 Å². The van der Waals surface area contributed by atoms with Gasteiger partial charge in [0.1, 0.15) is 11.5 Å². The second-order valence-corrected chi connectivity index (χ2v) is 8.58. The van der Waals surface area contributed by atoms with E-state index in [1.54, 1.807) is 35.2 Å². The van der Waals surface area contributed by atoms with Crippen molar-refractivity contribution >= 4 is 57.0 Å². The zero-order valence-corrected chi connectivity index (χ0v) is 17.2. The van der Waals surface area contributed by atoms with Crippen molar-refractivity contribution in [1.82, 2.24) is 0 Å². The highest BCUT2D eigenvalue weighted by Crippen LogP contribution is 2.47. The number of furan rings is 1. The summed E-state index contributed by atoms with van der Waals surface area (Å²) in [5.41, 5.74) is 2.60. The molecule has 6 nitrogen and oxygen atoms in total. The number of aromatic carboxylic acids is 1. The van der Waals surface area contributed by atoms with Crippen LogP contribution in [-0.2, 0) is 4.79 Å². The summed E-state index contributed by atoms with van der Waals surface area (Å²) in [6.07, 6.45) is 1.74. The van der Waals surface area contributed by atoms with Crippen LogP contribution in [0.25, 0.3) is 17.4 Å². The Morgan fingerprint density at radius 3 is 2.72 bits per heavy atom. The maximum absolute atomic E-state index is 12.9.